The van der Waals surface area contributed by atoms with Crippen molar-refractivity contribution in [2.45, 2.75) is 0 Å². The maximum Gasteiger partial charge on any atom is 0.325 e. The van der Waals surface area contributed by atoms with Gasteiger partial charge in [0.2, 0.25) is 0 Å². The van der Waals surface area contributed by atoms with Gasteiger partial charge in [0.05, 0.1) is 0 Å². The van der Waals surface area contributed by atoms with Crippen LogP contribution in [0, 0.1) is 11.6 Å². The highest BCUT2D eigenvalue weighted by Gasteiger charge is 2.13. The summed E-state index contributed by atoms with van der Waals surface area (Å²) in [4.78, 5) is 28.0. The van der Waals surface area contributed by atoms with Crippen LogP contribution in [-0.2, 0) is 0 Å². The van der Waals surface area contributed by atoms with Crippen molar-refractivity contribution in [2.24, 2.45) is 0 Å². The SMILES string of the molecule is O=C(Nc1ccc(F)cc1)Nc1nc(C(=O)Nc2cccc(F)c2)cs1. The maximum atomic E-state index is 13.1. The molecule has 3 rings (SSSR count). The Hall–Kier alpha value is -3.33. The van der Waals surface area contributed by atoms with E-state index >= 15 is 0 Å². The van der Waals surface area contributed by atoms with E-state index in [1.165, 1.54) is 47.8 Å². The highest BCUT2D eigenvalue weighted by Crippen LogP contribution is 2.18. The molecule has 0 saturated heterocycles. The van der Waals surface area contributed by atoms with Crippen LogP contribution < -0.4 is 16.0 Å². The first-order valence-electron chi connectivity index (χ1n) is 7.35. The van der Waals surface area contributed by atoms with Crippen LogP contribution in [0.1, 0.15) is 10.5 Å². The lowest BCUT2D eigenvalue weighted by molar-refractivity contribution is 0.102. The summed E-state index contributed by atoms with van der Waals surface area (Å²) in [6.45, 7) is 0. The Morgan fingerprint density at radius 2 is 1.65 bits per heavy atom. The highest BCUT2D eigenvalue weighted by atomic mass is 32.1. The molecular weight excluding hydrogens is 362 g/mol. The van der Waals surface area contributed by atoms with E-state index in [9.17, 15) is 18.4 Å². The molecule has 0 aliphatic carbocycles. The lowest BCUT2D eigenvalue weighted by Gasteiger charge is -2.05. The Morgan fingerprint density at radius 3 is 2.38 bits per heavy atom. The summed E-state index contributed by atoms with van der Waals surface area (Å²) in [5.41, 5.74) is 0.785. The smallest absolute Gasteiger partial charge is 0.321 e. The molecular formula is C17H12F2N4O2S. The summed E-state index contributed by atoms with van der Waals surface area (Å²) in [5, 5.41) is 9.16. The molecule has 0 aliphatic rings. The normalized spacial score (nSPS) is 10.2. The number of benzene rings is 2. The molecule has 1 aromatic heterocycles. The van der Waals surface area contributed by atoms with Gasteiger partial charge in [-0.1, -0.05) is 6.07 Å². The zero-order valence-electron chi connectivity index (χ0n) is 13.1. The second kappa shape index (κ2) is 7.70. The topological polar surface area (TPSA) is 83.1 Å². The van der Waals surface area contributed by atoms with E-state index in [1.54, 1.807) is 6.07 Å². The van der Waals surface area contributed by atoms with Crippen LogP contribution in [0.15, 0.2) is 53.9 Å². The van der Waals surface area contributed by atoms with Crippen LogP contribution in [0.2, 0.25) is 0 Å². The molecule has 0 unspecified atom stereocenters. The minimum atomic E-state index is -0.581. The van der Waals surface area contributed by atoms with Gasteiger partial charge in [0.25, 0.3) is 5.91 Å². The summed E-state index contributed by atoms with van der Waals surface area (Å²) < 4.78 is 26.0. The molecule has 0 bridgehead atoms. The number of carbonyl (C=O) groups excluding carboxylic acids is 2. The summed E-state index contributed by atoms with van der Waals surface area (Å²) in [6.07, 6.45) is 0. The third-order valence-corrected chi connectivity index (χ3v) is 3.90. The van der Waals surface area contributed by atoms with Crippen LogP contribution >= 0.6 is 11.3 Å². The molecule has 3 aromatic rings. The number of thiazole rings is 1. The van der Waals surface area contributed by atoms with E-state index < -0.39 is 23.6 Å². The molecule has 0 aliphatic heterocycles. The predicted molar refractivity (Wildman–Crippen MR) is 95.5 cm³/mol. The maximum absolute atomic E-state index is 13.1. The molecule has 9 heteroatoms. The zero-order valence-corrected chi connectivity index (χ0v) is 13.9. The molecule has 3 N–H and O–H groups in total. The highest BCUT2D eigenvalue weighted by molar-refractivity contribution is 7.14. The minimum absolute atomic E-state index is 0.0799. The fraction of sp³-hybridized carbons (Fsp3) is 0. The van der Waals surface area contributed by atoms with E-state index in [1.807, 2.05) is 0 Å². The Morgan fingerprint density at radius 1 is 0.885 bits per heavy atom. The number of halogens is 2. The second-order valence-electron chi connectivity index (χ2n) is 5.09. The van der Waals surface area contributed by atoms with Crippen molar-refractivity contribution in [2.75, 3.05) is 16.0 Å². The summed E-state index contributed by atoms with van der Waals surface area (Å²) in [5.74, 6) is -1.41. The van der Waals surface area contributed by atoms with E-state index in [0.717, 1.165) is 11.3 Å². The average Bonchev–Trinajstić information content (AvgIpc) is 3.05. The number of carbonyl (C=O) groups is 2. The molecule has 0 saturated carbocycles. The molecule has 132 valence electrons. The second-order valence-corrected chi connectivity index (χ2v) is 5.95. The van der Waals surface area contributed by atoms with Gasteiger partial charge in [-0.3, -0.25) is 10.1 Å². The Kier molecular flexibility index (Phi) is 5.18. The first kappa shape index (κ1) is 17.5. The van der Waals surface area contributed by atoms with Crippen molar-refractivity contribution in [3.63, 3.8) is 0 Å². The van der Waals surface area contributed by atoms with Gasteiger partial charge in [-0.05, 0) is 42.5 Å². The lowest BCUT2D eigenvalue weighted by atomic mass is 10.3. The number of urea groups is 1. The van der Waals surface area contributed by atoms with Crippen LogP contribution in [0.25, 0.3) is 0 Å². The van der Waals surface area contributed by atoms with Crippen molar-refractivity contribution in [3.8, 4) is 0 Å². The van der Waals surface area contributed by atoms with Crippen LogP contribution in [0.4, 0.5) is 30.1 Å². The standard InChI is InChI=1S/C17H12F2N4O2S/c18-10-4-6-12(7-5-10)21-16(25)23-17-22-14(9-26-17)15(24)20-13-3-1-2-11(19)8-13/h1-9H,(H,20,24)(H2,21,22,23,25). The largest absolute Gasteiger partial charge is 0.325 e. The molecule has 6 nitrogen and oxygen atoms in total. The first-order chi connectivity index (χ1) is 12.5. The fourth-order valence-electron chi connectivity index (χ4n) is 1.99. The Balaban J connectivity index is 1.59. The first-order valence-corrected chi connectivity index (χ1v) is 8.23. The number of nitrogens with zero attached hydrogens (tertiary/aromatic N) is 1. The average molecular weight is 374 g/mol. The number of nitrogens with one attached hydrogen (secondary N) is 3. The van der Waals surface area contributed by atoms with Gasteiger partial charge >= 0.3 is 6.03 Å². The predicted octanol–water partition coefficient (Wildman–Crippen LogP) is 4.32. The Bertz CT molecular complexity index is 944. The minimum Gasteiger partial charge on any atom is -0.321 e. The van der Waals surface area contributed by atoms with Gasteiger partial charge < -0.3 is 10.6 Å². The summed E-state index contributed by atoms with van der Waals surface area (Å²) >= 11 is 1.05. The number of amides is 3. The third kappa shape index (κ3) is 4.61. The number of aromatic nitrogens is 1. The van der Waals surface area contributed by atoms with E-state index in [-0.39, 0.29) is 10.8 Å². The monoisotopic (exact) mass is 374 g/mol. The van der Waals surface area contributed by atoms with Crippen LogP contribution in [0.3, 0.4) is 0 Å². The van der Waals surface area contributed by atoms with Gasteiger partial charge in [-0.2, -0.15) is 0 Å². The quantitative estimate of drug-likeness (QED) is 0.636. The fourth-order valence-corrected chi connectivity index (χ4v) is 2.68. The van der Waals surface area contributed by atoms with Crippen LogP contribution in [-0.4, -0.2) is 16.9 Å². The number of hydrogen-bond donors (Lipinski definition) is 3. The number of hydrogen-bond acceptors (Lipinski definition) is 4. The van der Waals surface area contributed by atoms with E-state index in [2.05, 4.69) is 20.9 Å². The molecule has 26 heavy (non-hydrogen) atoms. The van der Waals surface area contributed by atoms with Gasteiger partial charge in [-0.25, -0.2) is 18.6 Å². The van der Waals surface area contributed by atoms with Crippen molar-refractivity contribution in [3.05, 3.63) is 71.2 Å². The van der Waals surface area contributed by atoms with Crippen LogP contribution in [0.5, 0.6) is 0 Å². The summed E-state index contributed by atoms with van der Waals surface area (Å²) in [7, 11) is 0. The van der Waals surface area contributed by atoms with Crippen molar-refractivity contribution >= 4 is 39.8 Å². The molecule has 3 amide bonds. The molecule has 2 aromatic carbocycles. The molecule has 0 radical (unpaired) electrons. The third-order valence-electron chi connectivity index (χ3n) is 3.14. The summed E-state index contributed by atoms with van der Waals surface area (Å²) in [6, 6.07) is 10.1. The van der Waals surface area contributed by atoms with Crippen molar-refractivity contribution in [1.82, 2.24) is 4.98 Å². The molecule has 0 atom stereocenters. The molecule has 0 spiro atoms. The van der Waals surface area contributed by atoms with Gasteiger partial charge in [0.15, 0.2) is 5.13 Å². The van der Waals surface area contributed by atoms with E-state index in [4.69, 9.17) is 0 Å². The van der Waals surface area contributed by atoms with Crippen molar-refractivity contribution < 1.29 is 18.4 Å². The van der Waals surface area contributed by atoms with E-state index in [0.29, 0.717) is 11.4 Å². The van der Waals surface area contributed by atoms with Crippen molar-refractivity contribution in [1.29, 1.82) is 0 Å². The number of anilines is 3. The van der Waals surface area contributed by atoms with Gasteiger partial charge in [-0.15, -0.1) is 11.3 Å². The zero-order chi connectivity index (χ0) is 18.5. The van der Waals surface area contributed by atoms with Gasteiger partial charge in [0, 0.05) is 16.8 Å². The Labute approximate surface area is 150 Å². The molecule has 0 fully saturated rings. The molecule has 1 heterocycles. The van der Waals surface area contributed by atoms with Gasteiger partial charge in [0.1, 0.15) is 17.3 Å². The number of rotatable bonds is 4. The lowest BCUT2D eigenvalue weighted by Crippen LogP contribution is -2.19.